The minimum absolute atomic E-state index is 0.00379. The number of likely N-dealkylation sites (tertiary alicyclic amines) is 2. The van der Waals surface area contributed by atoms with Gasteiger partial charge in [-0.05, 0) is 49.1 Å². The highest BCUT2D eigenvalue weighted by Gasteiger charge is 2.56. The van der Waals surface area contributed by atoms with Gasteiger partial charge in [0.25, 0.3) is 0 Å². The third-order valence-electron chi connectivity index (χ3n) is 9.88. The second-order valence-electron chi connectivity index (χ2n) is 12.6. The van der Waals surface area contributed by atoms with Crippen LogP contribution in [0.15, 0.2) is 18.3 Å². The number of hydrogen-bond acceptors (Lipinski definition) is 9. The molecule has 232 valence electrons. The smallest absolute Gasteiger partial charge is 0.407 e. The van der Waals surface area contributed by atoms with Crippen molar-refractivity contribution in [1.82, 2.24) is 20.1 Å². The van der Waals surface area contributed by atoms with Gasteiger partial charge >= 0.3 is 6.09 Å². The Kier molecular flexibility index (Phi) is 8.78. The van der Waals surface area contributed by atoms with Crippen molar-refractivity contribution in [3.63, 3.8) is 0 Å². The number of carbonyl (C=O) groups is 4. The number of pyridine rings is 1. The van der Waals surface area contributed by atoms with Crippen molar-refractivity contribution in [2.45, 2.75) is 64.1 Å². The number of ether oxygens (including phenoxy) is 2. The van der Waals surface area contributed by atoms with E-state index >= 15 is 0 Å². The number of nitriles is 1. The molecule has 1 aromatic heterocycles. The summed E-state index contributed by atoms with van der Waals surface area (Å²) in [5, 5.41) is 25.4. The molecule has 3 N–H and O–H groups in total. The minimum Gasteiger partial charge on any atom is -0.504 e. The van der Waals surface area contributed by atoms with E-state index in [1.165, 1.54) is 30.3 Å². The number of aromatic nitrogens is 1. The highest BCUT2D eigenvalue weighted by atomic mass is 16.5. The van der Waals surface area contributed by atoms with E-state index in [1.54, 1.807) is 4.90 Å². The summed E-state index contributed by atoms with van der Waals surface area (Å²) in [6.45, 7) is 5.07. The maximum atomic E-state index is 14.5. The van der Waals surface area contributed by atoms with Gasteiger partial charge < -0.3 is 35.0 Å². The minimum atomic E-state index is -0.969. The summed E-state index contributed by atoms with van der Waals surface area (Å²) in [5.74, 6) is -1.92. The Morgan fingerprint density at radius 3 is 2.72 bits per heavy atom. The zero-order valence-corrected chi connectivity index (χ0v) is 24.8. The van der Waals surface area contributed by atoms with E-state index in [2.05, 4.69) is 28.6 Å². The van der Waals surface area contributed by atoms with Crippen LogP contribution in [0, 0.1) is 40.4 Å². The van der Waals surface area contributed by atoms with Gasteiger partial charge in [-0.2, -0.15) is 5.26 Å². The molecule has 0 spiro atoms. The summed E-state index contributed by atoms with van der Waals surface area (Å²) in [6.07, 6.45) is 4.15. The molecule has 8 atom stereocenters. The number of carbonyl (C=O) groups excluding carboxylic acids is 4. The molecule has 0 radical (unpaired) electrons. The lowest BCUT2D eigenvalue weighted by Gasteiger charge is -2.39. The molecule has 4 aliphatic rings. The van der Waals surface area contributed by atoms with E-state index in [1.807, 2.05) is 6.92 Å². The molecule has 13 heteroatoms. The van der Waals surface area contributed by atoms with E-state index < -0.39 is 41.5 Å². The Bertz CT molecular complexity index is 1290. The maximum Gasteiger partial charge on any atom is 0.407 e. The SMILES string of the molecule is COC(=O)NC(C(=O)N1CC2CCC[C@@H](C)C2[C@H]1C(=O)N1CC(C(=O)Nc2ncccc2O)CC1C#N)C1(C)CCOC1. The van der Waals surface area contributed by atoms with Crippen LogP contribution in [0.4, 0.5) is 10.6 Å². The van der Waals surface area contributed by atoms with Crippen LogP contribution >= 0.6 is 0 Å². The van der Waals surface area contributed by atoms with Crippen molar-refractivity contribution < 1.29 is 33.8 Å². The summed E-state index contributed by atoms with van der Waals surface area (Å²) in [6, 6.07) is 2.45. The highest BCUT2D eigenvalue weighted by Crippen LogP contribution is 2.46. The molecular formula is C30H40N6O7. The molecule has 6 unspecified atom stereocenters. The van der Waals surface area contributed by atoms with Gasteiger partial charge in [-0.3, -0.25) is 14.4 Å². The van der Waals surface area contributed by atoms with E-state index in [9.17, 15) is 29.5 Å². The molecule has 1 saturated carbocycles. The third kappa shape index (κ3) is 5.85. The Morgan fingerprint density at radius 1 is 1.26 bits per heavy atom. The van der Waals surface area contributed by atoms with E-state index in [-0.39, 0.29) is 60.7 Å². The van der Waals surface area contributed by atoms with E-state index in [0.29, 0.717) is 19.6 Å². The third-order valence-corrected chi connectivity index (χ3v) is 9.88. The largest absolute Gasteiger partial charge is 0.504 e. The Balaban J connectivity index is 1.42. The van der Waals surface area contributed by atoms with E-state index in [4.69, 9.17) is 9.47 Å². The van der Waals surface area contributed by atoms with Crippen molar-refractivity contribution in [2.24, 2.45) is 29.1 Å². The normalized spacial score (nSPS) is 32.4. The maximum absolute atomic E-state index is 14.5. The number of fused-ring (bicyclic) bond motifs is 1. The molecule has 43 heavy (non-hydrogen) atoms. The summed E-state index contributed by atoms with van der Waals surface area (Å²) in [7, 11) is 1.24. The van der Waals surface area contributed by atoms with Crippen molar-refractivity contribution in [3.8, 4) is 11.8 Å². The first-order chi connectivity index (χ1) is 20.6. The molecule has 13 nitrogen and oxygen atoms in total. The molecule has 3 aliphatic heterocycles. The van der Waals surface area contributed by atoms with Crippen LogP contribution in [-0.2, 0) is 23.9 Å². The second-order valence-corrected chi connectivity index (χ2v) is 12.6. The molecule has 4 heterocycles. The predicted molar refractivity (Wildman–Crippen MR) is 152 cm³/mol. The van der Waals surface area contributed by atoms with Crippen LogP contribution in [0.5, 0.6) is 5.75 Å². The molecule has 4 fully saturated rings. The number of hydrogen-bond donors (Lipinski definition) is 3. The van der Waals surface area contributed by atoms with Crippen LogP contribution < -0.4 is 10.6 Å². The molecule has 1 aromatic rings. The summed E-state index contributed by atoms with van der Waals surface area (Å²) in [5.41, 5.74) is -0.693. The average Bonchev–Trinajstić information content (AvgIpc) is 3.74. The van der Waals surface area contributed by atoms with Crippen molar-refractivity contribution in [1.29, 1.82) is 5.26 Å². The standard InChI is InChI=1S/C30H40N6O7/c1-17-6-4-7-18-14-36(28(40)24(33-29(41)42-3)30(2)9-11-43-16-30)23(22(17)18)27(39)35-15-19(12-20(35)13-31)26(38)34-25-21(37)8-5-10-32-25/h5,8,10,17-20,22-24,37H,4,6-7,9,11-12,14-16H2,1-3H3,(H,33,41)(H,32,34,38)/t17-,18?,19?,20?,22?,23+,24?,30?/m1/s1. The van der Waals surface area contributed by atoms with Crippen molar-refractivity contribution in [2.75, 3.05) is 38.7 Å². The first-order valence-corrected chi connectivity index (χ1v) is 15.0. The first kappa shape index (κ1) is 30.5. The zero-order chi connectivity index (χ0) is 30.9. The lowest BCUT2D eigenvalue weighted by molar-refractivity contribution is -0.148. The lowest BCUT2D eigenvalue weighted by Crippen LogP contribution is -2.60. The molecule has 5 rings (SSSR count). The van der Waals surface area contributed by atoms with Gasteiger partial charge in [-0.1, -0.05) is 26.7 Å². The van der Waals surface area contributed by atoms with Gasteiger partial charge in [0.2, 0.25) is 17.7 Å². The van der Waals surface area contributed by atoms with Crippen molar-refractivity contribution in [3.05, 3.63) is 18.3 Å². The van der Waals surface area contributed by atoms with Crippen LogP contribution in [0.25, 0.3) is 0 Å². The number of methoxy groups -OCH3 is 1. The monoisotopic (exact) mass is 596 g/mol. The van der Waals surface area contributed by atoms with Gasteiger partial charge in [0.1, 0.15) is 18.1 Å². The first-order valence-electron chi connectivity index (χ1n) is 15.0. The van der Waals surface area contributed by atoms with Gasteiger partial charge in [0.15, 0.2) is 11.6 Å². The lowest BCUT2D eigenvalue weighted by atomic mass is 9.71. The fourth-order valence-electron chi connectivity index (χ4n) is 7.49. The number of anilines is 1. The van der Waals surface area contributed by atoms with Gasteiger partial charge in [0, 0.05) is 31.3 Å². The summed E-state index contributed by atoms with van der Waals surface area (Å²) in [4.78, 5) is 61.4. The molecule has 4 amide bonds. The van der Waals surface area contributed by atoms with Crippen LogP contribution in [0.2, 0.25) is 0 Å². The van der Waals surface area contributed by atoms with Crippen LogP contribution in [0.3, 0.4) is 0 Å². The molecule has 0 bridgehead atoms. The molecule has 3 saturated heterocycles. The number of aromatic hydroxyl groups is 1. The fraction of sp³-hybridized carbons (Fsp3) is 0.667. The van der Waals surface area contributed by atoms with Gasteiger partial charge in [-0.25, -0.2) is 9.78 Å². The molecule has 0 aromatic carbocycles. The zero-order valence-electron chi connectivity index (χ0n) is 24.8. The Hall–Kier alpha value is -3.92. The van der Waals surface area contributed by atoms with Crippen LogP contribution in [-0.4, -0.2) is 95.2 Å². The highest BCUT2D eigenvalue weighted by molar-refractivity contribution is 5.96. The van der Waals surface area contributed by atoms with Crippen molar-refractivity contribution >= 4 is 29.6 Å². The van der Waals surface area contributed by atoms with Crippen LogP contribution in [0.1, 0.15) is 46.0 Å². The second kappa shape index (κ2) is 12.4. The fourth-order valence-corrected chi connectivity index (χ4v) is 7.49. The summed E-state index contributed by atoms with van der Waals surface area (Å²) < 4.78 is 10.5. The molecular weight excluding hydrogens is 556 g/mol. The van der Waals surface area contributed by atoms with Gasteiger partial charge in [0.05, 0.1) is 25.7 Å². The Morgan fingerprint density at radius 2 is 2.05 bits per heavy atom. The molecule has 1 aliphatic carbocycles. The Labute approximate surface area is 250 Å². The number of nitrogens with zero attached hydrogens (tertiary/aromatic N) is 4. The average molecular weight is 597 g/mol. The predicted octanol–water partition coefficient (Wildman–Crippen LogP) is 1.88. The van der Waals surface area contributed by atoms with Gasteiger partial charge in [-0.15, -0.1) is 0 Å². The number of nitrogens with one attached hydrogen (secondary N) is 2. The number of rotatable bonds is 6. The number of alkyl carbamates (subject to hydrolysis) is 1. The topological polar surface area (TPSA) is 174 Å². The summed E-state index contributed by atoms with van der Waals surface area (Å²) >= 11 is 0. The quantitative estimate of drug-likeness (QED) is 0.443. The number of amides is 4. The van der Waals surface area contributed by atoms with E-state index in [0.717, 1.165) is 19.3 Å².